The number of nitrogens with zero attached hydrogens (tertiary/aromatic N) is 1. The lowest BCUT2D eigenvalue weighted by atomic mass is 10.1. The first-order valence-corrected chi connectivity index (χ1v) is 5.54. The number of hydrogen-bond acceptors (Lipinski definition) is 4. The molecule has 0 saturated heterocycles. The number of hydrogen-bond donors (Lipinski definition) is 2. The maximum absolute atomic E-state index is 9.32. The van der Waals surface area contributed by atoms with Gasteiger partial charge < -0.3 is 10.4 Å². The van der Waals surface area contributed by atoms with Gasteiger partial charge in [0.05, 0.1) is 6.10 Å². The smallest absolute Gasteiger partial charge is 0.182 e. The van der Waals surface area contributed by atoms with Crippen molar-refractivity contribution in [3.05, 3.63) is 11.6 Å². The second-order valence-electron chi connectivity index (χ2n) is 3.55. The summed E-state index contributed by atoms with van der Waals surface area (Å²) in [5.41, 5.74) is 0. The number of aliphatic hydroxyl groups is 1. The van der Waals surface area contributed by atoms with Gasteiger partial charge in [0, 0.05) is 18.1 Å². The summed E-state index contributed by atoms with van der Waals surface area (Å²) >= 11 is 1.62. The Morgan fingerprint density at radius 1 is 1.62 bits per heavy atom. The van der Waals surface area contributed by atoms with Gasteiger partial charge in [-0.05, 0) is 25.2 Å². The predicted molar refractivity (Wildman–Crippen MR) is 54.0 cm³/mol. The molecule has 1 aliphatic rings. The lowest BCUT2D eigenvalue weighted by Crippen LogP contribution is -2.12. The van der Waals surface area contributed by atoms with Crippen LogP contribution in [0.3, 0.4) is 0 Å². The van der Waals surface area contributed by atoms with Gasteiger partial charge in [0.1, 0.15) is 0 Å². The molecule has 0 spiro atoms. The minimum atomic E-state index is -0.0666. The van der Waals surface area contributed by atoms with Crippen LogP contribution in [0.1, 0.15) is 19.3 Å². The number of thiazole rings is 1. The molecule has 72 valence electrons. The van der Waals surface area contributed by atoms with Crippen molar-refractivity contribution in [3.63, 3.8) is 0 Å². The Morgan fingerprint density at radius 3 is 3.15 bits per heavy atom. The number of aromatic nitrogens is 1. The largest absolute Gasteiger partial charge is 0.393 e. The lowest BCUT2D eigenvalue weighted by molar-refractivity contribution is 0.178. The number of nitrogens with one attached hydrogen (secondary N) is 1. The highest BCUT2D eigenvalue weighted by atomic mass is 32.1. The zero-order valence-electron chi connectivity index (χ0n) is 7.44. The third kappa shape index (κ3) is 2.42. The molecule has 1 heterocycles. The third-order valence-electron chi connectivity index (χ3n) is 2.49. The summed E-state index contributed by atoms with van der Waals surface area (Å²) in [5.74, 6) is 0.624. The van der Waals surface area contributed by atoms with E-state index in [-0.39, 0.29) is 6.10 Å². The first-order valence-electron chi connectivity index (χ1n) is 4.66. The maximum Gasteiger partial charge on any atom is 0.182 e. The SMILES string of the molecule is OC1CCC(CNc2nccs2)C1. The molecule has 0 radical (unpaired) electrons. The Morgan fingerprint density at radius 2 is 2.54 bits per heavy atom. The molecule has 1 saturated carbocycles. The summed E-state index contributed by atoms with van der Waals surface area (Å²) in [7, 11) is 0. The molecule has 13 heavy (non-hydrogen) atoms. The van der Waals surface area contributed by atoms with Crippen LogP contribution in [0, 0.1) is 5.92 Å². The fraction of sp³-hybridized carbons (Fsp3) is 0.667. The van der Waals surface area contributed by atoms with Gasteiger partial charge in [-0.15, -0.1) is 11.3 Å². The van der Waals surface area contributed by atoms with E-state index < -0.39 is 0 Å². The second-order valence-corrected chi connectivity index (χ2v) is 4.45. The average Bonchev–Trinajstić information content (AvgIpc) is 2.71. The highest BCUT2D eigenvalue weighted by Gasteiger charge is 2.22. The summed E-state index contributed by atoms with van der Waals surface area (Å²) < 4.78 is 0. The Hall–Kier alpha value is -0.610. The van der Waals surface area contributed by atoms with Crippen molar-refractivity contribution >= 4 is 16.5 Å². The lowest BCUT2D eigenvalue weighted by Gasteiger charge is -2.09. The van der Waals surface area contributed by atoms with E-state index in [1.54, 1.807) is 17.5 Å². The van der Waals surface area contributed by atoms with Gasteiger partial charge in [-0.2, -0.15) is 0 Å². The van der Waals surface area contributed by atoms with Crippen molar-refractivity contribution in [3.8, 4) is 0 Å². The molecule has 0 bridgehead atoms. The minimum absolute atomic E-state index is 0.0666. The molecule has 1 aromatic rings. The highest BCUT2D eigenvalue weighted by molar-refractivity contribution is 7.13. The van der Waals surface area contributed by atoms with Gasteiger partial charge in [-0.25, -0.2) is 4.98 Å². The van der Waals surface area contributed by atoms with Crippen LogP contribution in [0.2, 0.25) is 0 Å². The summed E-state index contributed by atoms with van der Waals surface area (Å²) in [6, 6.07) is 0. The first-order chi connectivity index (χ1) is 6.34. The third-order valence-corrected chi connectivity index (χ3v) is 3.22. The van der Waals surface area contributed by atoms with E-state index in [2.05, 4.69) is 10.3 Å². The fourth-order valence-corrected chi connectivity index (χ4v) is 2.32. The Kier molecular flexibility index (Phi) is 2.80. The zero-order chi connectivity index (χ0) is 9.10. The van der Waals surface area contributed by atoms with Crippen LogP contribution in [-0.2, 0) is 0 Å². The standard InChI is InChI=1S/C9H14N2OS/c12-8-2-1-7(5-8)6-11-9-10-3-4-13-9/h3-4,7-8,12H,1-2,5-6H2,(H,10,11). The molecule has 0 aromatic carbocycles. The van der Waals surface area contributed by atoms with Gasteiger partial charge in [-0.3, -0.25) is 0 Å². The van der Waals surface area contributed by atoms with Crippen LogP contribution < -0.4 is 5.32 Å². The second kappa shape index (κ2) is 4.07. The number of aliphatic hydroxyl groups excluding tert-OH is 1. The van der Waals surface area contributed by atoms with E-state index >= 15 is 0 Å². The molecule has 3 nitrogen and oxygen atoms in total. The van der Waals surface area contributed by atoms with Crippen LogP contribution in [0.15, 0.2) is 11.6 Å². The molecule has 2 N–H and O–H groups in total. The molecule has 2 unspecified atom stereocenters. The summed E-state index contributed by atoms with van der Waals surface area (Å²) in [6.45, 7) is 0.949. The summed E-state index contributed by atoms with van der Waals surface area (Å²) in [5, 5.41) is 15.6. The van der Waals surface area contributed by atoms with Gasteiger partial charge in [-0.1, -0.05) is 0 Å². The molecular weight excluding hydrogens is 184 g/mol. The van der Waals surface area contributed by atoms with Crippen molar-refractivity contribution in [1.82, 2.24) is 4.98 Å². The van der Waals surface area contributed by atoms with E-state index in [0.717, 1.165) is 30.9 Å². The molecule has 4 heteroatoms. The maximum atomic E-state index is 9.32. The van der Waals surface area contributed by atoms with E-state index in [1.807, 2.05) is 5.38 Å². The van der Waals surface area contributed by atoms with Crippen molar-refractivity contribution < 1.29 is 5.11 Å². The number of rotatable bonds is 3. The molecule has 2 rings (SSSR count). The van der Waals surface area contributed by atoms with E-state index in [4.69, 9.17) is 0 Å². The van der Waals surface area contributed by atoms with Gasteiger partial charge in [0.25, 0.3) is 0 Å². The van der Waals surface area contributed by atoms with Crippen LogP contribution in [0.25, 0.3) is 0 Å². The molecule has 1 fully saturated rings. The monoisotopic (exact) mass is 198 g/mol. The minimum Gasteiger partial charge on any atom is -0.393 e. The number of anilines is 1. The quantitative estimate of drug-likeness (QED) is 0.777. The molecule has 2 atom stereocenters. The van der Waals surface area contributed by atoms with Gasteiger partial charge >= 0.3 is 0 Å². The molecule has 0 amide bonds. The average molecular weight is 198 g/mol. The molecule has 1 aliphatic carbocycles. The Balaban J connectivity index is 1.74. The topological polar surface area (TPSA) is 45.1 Å². The molecule has 1 aromatic heterocycles. The van der Waals surface area contributed by atoms with Crippen molar-refractivity contribution in [2.75, 3.05) is 11.9 Å². The fourth-order valence-electron chi connectivity index (χ4n) is 1.78. The first kappa shape index (κ1) is 8.97. The van der Waals surface area contributed by atoms with Crippen LogP contribution >= 0.6 is 11.3 Å². The van der Waals surface area contributed by atoms with E-state index in [9.17, 15) is 5.11 Å². The Bertz CT molecular complexity index is 250. The Labute approximate surface area is 81.8 Å². The summed E-state index contributed by atoms with van der Waals surface area (Å²) in [4.78, 5) is 4.14. The summed E-state index contributed by atoms with van der Waals surface area (Å²) in [6.07, 6.45) is 4.78. The van der Waals surface area contributed by atoms with Crippen LogP contribution in [0.5, 0.6) is 0 Å². The van der Waals surface area contributed by atoms with E-state index in [0.29, 0.717) is 5.92 Å². The van der Waals surface area contributed by atoms with Crippen LogP contribution in [-0.4, -0.2) is 22.7 Å². The van der Waals surface area contributed by atoms with Crippen molar-refractivity contribution in [2.24, 2.45) is 5.92 Å². The van der Waals surface area contributed by atoms with Crippen molar-refractivity contribution in [2.45, 2.75) is 25.4 Å². The van der Waals surface area contributed by atoms with Gasteiger partial charge in [0.2, 0.25) is 0 Å². The van der Waals surface area contributed by atoms with Gasteiger partial charge in [0.15, 0.2) is 5.13 Å². The van der Waals surface area contributed by atoms with E-state index in [1.165, 1.54) is 0 Å². The normalized spacial score (nSPS) is 27.8. The highest BCUT2D eigenvalue weighted by Crippen LogP contribution is 2.25. The predicted octanol–water partition coefficient (Wildman–Crippen LogP) is 1.72. The zero-order valence-corrected chi connectivity index (χ0v) is 8.26. The van der Waals surface area contributed by atoms with Crippen molar-refractivity contribution in [1.29, 1.82) is 0 Å². The molecular formula is C9H14N2OS. The van der Waals surface area contributed by atoms with Crippen LogP contribution in [0.4, 0.5) is 5.13 Å². The molecule has 0 aliphatic heterocycles.